The number of dihydropyridines is 1. The molecule has 0 fully saturated rings. The third-order valence-corrected chi connectivity index (χ3v) is 7.96. The van der Waals surface area contributed by atoms with Crippen molar-refractivity contribution in [2.75, 3.05) is 18.5 Å². The van der Waals surface area contributed by atoms with Crippen LogP contribution in [0.4, 0.5) is 5.69 Å². The number of amides is 1. The van der Waals surface area contributed by atoms with E-state index >= 15 is 0 Å². The van der Waals surface area contributed by atoms with Crippen LogP contribution in [0.2, 0.25) is 5.02 Å². The first-order chi connectivity index (χ1) is 18.8. The quantitative estimate of drug-likeness (QED) is 0.436. The molecule has 0 unspecified atom stereocenters. The molecule has 3 aliphatic rings. The molecule has 1 heterocycles. The zero-order chi connectivity index (χ0) is 27.7. The van der Waals surface area contributed by atoms with Crippen molar-refractivity contribution in [2.24, 2.45) is 0 Å². The van der Waals surface area contributed by atoms with E-state index in [-0.39, 0.29) is 34.9 Å². The number of nitrogens with one attached hydrogen (secondary N) is 2. The van der Waals surface area contributed by atoms with E-state index < -0.39 is 5.92 Å². The Balaban J connectivity index is 1.47. The molecule has 39 heavy (non-hydrogen) atoms. The van der Waals surface area contributed by atoms with E-state index in [1.54, 1.807) is 12.1 Å². The minimum absolute atomic E-state index is 0.0520. The van der Waals surface area contributed by atoms with Gasteiger partial charge in [0.15, 0.2) is 29.7 Å². The molecule has 0 atom stereocenters. The number of carbonyl (C=O) groups excluding carboxylic acids is 3. The van der Waals surface area contributed by atoms with Gasteiger partial charge in [0.25, 0.3) is 5.91 Å². The van der Waals surface area contributed by atoms with E-state index in [0.717, 1.165) is 53.9 Å². The highest BCUT2D eigenvalue weighted by Gasteiger charge is 2.40. The van der Waals surface area contributed by atoms with E-state index in [2.05, 4.69) is 10.6 Å². The lowest BCUT2D eigenvalue weighted by molar-refractivity contribution is -0.118. The molecule has 0 aromatic heterocycles. The van der Waals surface area contributed by atoms with Crippen LogP contribution < -0.4 is 20.1 Å². The fraction of sp³-hybridized carbons (Fsp3) is 0.387. The summed E-state index contributed by atoms with van der Waals surface area (Å²) in [4.78, 5) is 39.0. The lowest BCUT2D eigenvalue weighted by Crippen LogP contribution is -2.36. The van der Waals surface area contributed by atoms with Gasteiger partial charge in [-0.1, -0.05) is 23.7 Å². The van der Waals surface area contributed by atoms with Gasteiger partial charge < -0.3 is 20.1 Å². The molecule has 2 aromatic carbocycles. The Labute approximate surface area is 233 Å². The molecule has 0 saturated heterocycles. The number of hydrogen-bond acceptors (Lipinski definition) is 6. The van der Waals surface area contributed by atoms with E-state index in [1.807, 2.05) is 39.0 Å². The number of hydrogen-bond donors (Lipinski definition) is 2. The molecule has 0 saturated carbocycles. The Kier molecular flexibility index (Phi) is 7.80. The molecule has 204 valence electrons. The number of allylic oxidation sites excluding steroid dienone is 4. The van der Waals surface area contributed by atoms with Crippen LogP contribution in [0.1, 0.15) is 68.1 Å². The van der Waals surface area contributed by atoms with Gasteiger partial charge in [0, 0.05) is 47.0 Å². The van der Waals surface area contributed by atoms with E-state index in [0.29, 0.717) is 41.9 Å². The maximum Gasteiger partial charge on any atom is 0.262 e. The van der Waals surface area contributed by atoms with Crippen molar-refractivity contribution in [3.63, 3.8) is 0 Å². The molecule has 0 bridgehead atoms. The van der Waals surface area contributed by atoms with E-state index in [9.17, 15) is 14.4 Å². The minimum atomic E-state index is -0.504. The van der Waals surface area contributed by atoms with Gasteiger partial charge in [-0.2, -0.15) is 0 Å². The molecule has 1 amide bonds. The van der Waals surface area contributed by atoms with Crippen LogP contribution in [-0.2, 0) is 14.4 Å². The summed E-state index contributed by atoms with van der Waals surface area (Å²) in [7, 11) is 0. The topological polar surface area (TPSA) is 93.7 Å². The number of ketones is 2. The van der Waals surface area contributed by atoms with Gasteiger partial charge in [-0.05, 0) is 81.3 Å². The van der Waals surface area contributed by atoms with Crippen molar-refractivity contribution in [1.82, 2.24) is 5.32 Å². The third-order valence-electron chi connectivity index (χ3n) is 7.68. The van der Waals surface area contributed by atoms with E-state index in [1.165, 1.54) is 0 Å². The first kappa shape index (κ1) is 27.0. The Morgan fingerprint density at radius 3 is 2.31 bits per heavy atom. The maximum atomic E-state index is 13.2. The normalized spacial score (nSPS) is 17.4. The van der Waals surface area contributed by atoms with Crippen LogP contribution in [0.25, 0.3) is 0 Å². The molecule has 2 N–H and O–H groups in total. The van der Waals surface area contributed by atoms with Crippen molar-refractivity contribution in [1.29, 1.82) is 0 Å². The predicted octanol–water partition coefficient (Wildman–Crippen LogP) is 6.07. The number of halogens is 1. The zero-order valence-electron chi connectivity index (χ0n) is 22.5. The molecule has 8 heteroatoms. The van der Waals surface area contributed by atoms with Gasteiger partial charge in [-0.25, -0.2) is 0 Å². The molecular formula is C31H33ClN2O5. The zero-order valence-corrected chi connectivity index (χ0v) is 23.3. The molecule has 5 rings (SSSR count). The summed E-state index contributed by atoms with van der Waals surface area (Å²) in [5.74, 6) is -0.105. The Morgan fingerprint density at radius 2 is 1.67 bits per heavy atom. The second kappa shape index (κ2) is 11.3. The minimum Gasteiger partial charge on any atom is -0.490 e. The average Bonchev–Trinajstić information content (AvgIpc) is 2.90. The second-order valence-electron chi connectivity index (χ2n) is 10.2. The number of carbonyl (C=O) groups is 3. The summed E-state index contributed by atoms with van der Waals surface area (Å²) < 4.78 is 11.8. The molecule has 7 nitrogen and oxygen atoms in total. The Bertz CT molecular complexity index is 1380. The van der Waals surface area contributed by atoms with Crippen molar-refractivity contribution >= 4 is 34.8 Å². The number of benzene rings is 2. The smallest absolute Gasteiger partial charge is 0.262 e. The number of ether oxygens (including phenoxy) is 2. The Hall–Kier alpha value is -3.58. The summed E-state index contributed by atoms with van der Waals surface area (Å²) >= 11 is 6.75. The van der Waals surface area contributed by atoms with Gasteiger partial charge in [0.2, 0.25) is 0 Å². The SMILES string of the molecule is CCOc1cc(C2C3=C(CCCC3=O)NC3=C2C(=O)CCC3)cc(Cl)c1OCC(=O)Nc1cccc(C)c1C. The monoisotopic (exact) mass is 548 g/mol. The van der Waals surface area contributed by atoms with Gasteiger partial charge >= 0.3 is 0 Å². The second-order valence-corrected chi connectivity index (χ2v) is 10.7. The number of aryl methyl sites for hydroxylation is 1. The van der Waals surface area contributed by atoms with E-state index in [4.69, 9.17) is 21.1 Å². The van der Waals surface area contributed by atoms with Crippen LogP contribution in [0, 0.1) is 13.8 Å². The molecule has 1 aliphatic heterocycles. The van der Waals surface area contributed by atoms with Gasteiger partial charge in [-0.3, -0.25) is 14.4 Å². The van der Waals surface area contributed by atoms with Gasteiger partial charge in [0.1, 0.15) is 0 Å². The lowest BCUT2D eigenvalue weighted by Gasteiger charge is -2.37. The highest BCUT2D eigenvalue weighted by molar-refractivity contribution is 6.32. The predicted molar refractivity (Wildman–Crippen MR) is 150 cm³/mol. The standard InChI is InChI=1S/C31H33ClN2O5/c1-4-38-26-15-19(14-20(32)31(26)39-16-27(37)34-21-9-5-8-17(2)18(21)3)28-29-22(10-6-12-24(29)35)33-23-11-7-13-25(36)30(23)28/h5,8-9,14-15,28,33H,4,6-7,10-13,16H2,1-3H3,(H,34,37). The number of rotatable bonds is 7. The first-order valence-corrected chi connectivity index (χ1v) is 13.9. The van der Waals surface area contributed by atoms with Crippen molar-refractivity contribution in [2.45, 2.75) is 65.2 Å². The first-order valence-electron chi connectivity index (χ1n) is 13.5. The third kappa shape index (κ3) is 5.33. The van der Waals surface area contributed by atoms with Gasteiger partial charge in [-0.15, -0.1) is 0 Å². The van der Waals surface area contributed by atoms with Crippen molar-refractivity contribution in [3.8, 4) is 11.5 Å². The molecular weight excluding hydrogens is 516 g/mol. The summed E-state index contributed by atoms with van der Waals surface area (Å²) in [5.41, 5.74) is 6.61. The van der Waals surface area contributed by atoms with Crippen molar-refractivity contribution < 1.29 is 23.9 Å². The highest BCUT2D eigenvalue weighted by Crippen LogP contribution is 2.48. The van der Waals surface area contributed by atoms with Crippen LogP contribution in [0.15, 0.2) is 52.9 Å². The summed E-state index contributed by atoms with van der Waals surface area (Å²) in [5, 5.41) is 6.57. The Morgan fingerprint density at radius 1 is 1.00 bits per heavy atom. The summed E-state index contributed by atoms with van der Waals surface area (Å²) in [6.45, 7) is 5.86. The fourth-order valence-electron chi connectivity index (χ4n) is 5.68. The van der Waals surface area contributed by atoms with Gasteiger partial charge in [0.05, 0.1) is 11.6 Å². The van der Waals surface area contributed by atoms with Crippen LogP contribution in [-0.4, -0.2) is 30.7 Å². The lowest BCUT2D eigenvalue weighted by atomic mass is 9.71. The summed E-state index contributed by atoms with van der Waals surface area (Å²) in [6, 6.07) is 9.24. The molecule has 2 aromatic rings. The maximum absolute atomic E-state index is 13.2. The van der Waals surface area contributed by atoms with Crippen molar-refractivity contribution in [3.05, 3.63) is 74.6 Å². The molecule has 0 radical (unpaired) electrons. The number of Topliss-reactive ketones (excluding diaryl/α,β-unsaturated/α-hetero) is 2. The molecule has 0 spiro atoms. The molecule has 2 aliphatic carbocycles. The number of anilines is 1. The average molecular weight is 549 g/mol. The largest absolute Gasteiger partial charge is 0.490 e. The fourth-order valence-corrected chi connectivity index (χ4v) is 5.96. The summed E-state index contributed by atoms with van der Waals surface area (Å²) in [6.07, 6.45) is 4.02. The van der Waals surface area contributed by atoms with Crippen LogP contribution >= 0.6 is 11.6 Å². The van der Waals surface area contributed by atoms with Crippen LogP contribution in [0.5, 0.6) is 11.5 Å². The highest BCUT2D eigenvalue weighted by atomic mass is 35.5. The van der Waals surface area contributed by atoms with Crippen LogP contribution in [0.3, 0.4) is 0 Å².